The van der Waals surface area contributed by atoms with Crippen molar-refractivity contribution in [2.45, 2.75) is 0 Å². The molecular formula is C9H14N4O2. The van der Waals surface area contributed by atoms with Gasteiger partial charge in [0.25, 0.3) is 0 Å². The van der Waals surface area contributed by atoms with E-state index in [4.69, 9.17) is 15.2 Å². The molecule has 1 aromatic heterocycles. The van der Waals surface area contributed by atoms with E-state index in [1.807, 2.05) is 4.90 Å². The zero-order chi connectivity index (χ0) is 10.7. The summed E-state index contributed by atoms with van der Waals surface area (Å²) < 4.78 is 10.3. The summed E-state index contributed by atoms with van der Waals surface area (Å²) in [6.45, 7) is 2.96. The first-order valence-corrected chi connectivity index (χ1v) is 4.81. The van der Waals surface area contributed by atoms with Crippen molar-refractivity contribution in [3.05, 3.63) is 6.07 Å². The Morgan fingerprint density at radius 1 is 1.40 bits per heavy atom. The third kappa shape index (κ3) is 2.27. The largest absolute Gasteiger partial charge is 0.481 e. The zero-order valence-electron chi connectivity index (χ0n) is 8.64. The van der Waals surface area contributed by atoms with Crippen molar-refractivity contribution in [3.8, 4) is 5.88 Å². The average Bonchev–Trinajstić information content (AvgIpc) is 2.29. The van der Waals surface area contributed by atoms with Crippen LogP contribution in [0.5, 0.6) is 5.88 Å². The summed E-state index contributed by atoms with van der Waals surface area (Å²) in [5.74, 6) is 1.52. The lowest BCUT2D eigenvalue weighted by Gasteiger charge is -2.26. The van der Waals surface area contributed by atoms with Crippen LogP contribution in [0.3, 0.4) is 0 Å². The van der Waals surface area contributed by atoms with Crippen molar-refractivity contribution >= 4 is 11.8 Å². The van der Waals surface area contributed by atoms with E-state index in [1.165, 1.54) is 0 Å². The van der Waals surface area contributed by atoms with Gasteiger partial charge in [-0.2, -0.15) is 9.97 Å². The first-order chi connectivity index (χ1) is 7.29. The molecule has 15 heavy (non-hydrogen) atoms. The molecule has 1 saturated heterocycles. The quantitative estimate of drug-likeness (QED) is 0.735. The molecule has 2 N–H and O–H groups in total. The molecule has 6 heteroatoms. The highest BCUT2D eigenvalue weighted by atomic mass is 16.5. The Hall–Kier alpha value is -1.56. The van der Waals surface area contributed by atoms with Gasteiger partial charge in [-0.15, -0.1) is 0 Å². The van der Waals surface area contributed by atoms with E-state index in [2.05, 4.69) is 9.97 Å². The van der Waals surface area contributed by atoms with Crippen molar-refractivity contribution in [2.75, 3.05) is 44.0 Å². The average molecular weight is 210 g/mol. The van der Waals surface area contributed by atoms with Gasteiger partial charge >= 0.3 is 0 Å². The minimum Gasteiger partial charge on any atom is -0.481 e. The van der Waals surface area contributed by atoms with Gasteiger partial charge in [-0.1, -0.05) is 0 Å². The highest BCUT2D eigenvalue weighted by Gasteiger charge is 2.15. The van der Waals surface area contributed by atoms with Crippen molar-refractivity contribution < 1.29 is 9.47 Å². The Kier molecular flexibility index (Phi) is 2.86. The van der Waals surface area contributed by atoms with Crippen LogP contribution in [-0.2, 0) is 4.74 Å². The van der Waals surface area contributed by atoms with Crippen molar-refractivity contribution in [1.82, 2.24) is 9.97 Å². The summed E-state index contributed by atoms with van der Waals surface area (Å²) in [5.41, 5.74) is 5.65. The number of hydrogen-bond donors (Lipinski definition) is 1. The maximum atomic E-state index is 5.65. The lowest BCUT2D eigenvalue weighted by molar-refractivity contribution is 0.122. The molecule has 0 radical (unpaired) electrons. The van der Waals surface area contributed by atoms with Crippen LogP contribution in [0.2, 0.25) is 0 Å². The predicted molar refractivity (Wildman–Crippen MR) is 56.0 cm³/mol. The minimum absolute atomic E-state index is 0.420. The molecule has 2 heterocycles. The summed E-state index contributed by atoms with van der Waals surface area (Å²) in [6, 6.07) is 1.60. The van der Waals surface area contributed by atoms with E-state index < -0.39 is 0 Å². The van der Waals surface area contributed by atoms with Crippen LogP contribution < -0.4 is 15.4 Å². The number of ether oxygens (including phenoxy) is 2. The minimum atomic E-state index is 0.420. The number of nitrogen functional groups attached to an aromatic ring is 1. The summed E-state index contributed by atoms with van der Waals surface area (Å²) in [7, 11) is 1.56. The standard InChI is InChI=1S/C9H14N4O2/c1-14-8-6-7(10)11-9(12-8)13-2-4-15-5-3-13/h6H,2-5H2,1H3,(H2,10,11,12). The van der Waals surface area contributed by atoms with Crippen LogP contribution in [0, 0.1) is 0 Å². The van der Waals surface area contributed by atoms with Crippen LogP contribution in [0.25, 0.3) is 0 Å². The zero-order valence-corrected chi connectivity index (χ0v) is 8.64. The molecule has 0 aliphatic carbocycles. The third-order valence-corrected chi connectivity index (χ3v) is 2.21. The highest BCUT2D eigenvalue weighted by molar-refractivity contribution is 5.42. The number of methoxy groups -OCH3 is 1. The molecule has 0 atom stereocenters. The molecule has 0 bridgehead atoms. The fourth-order valence-corrected chi connectivity index (χ4v) is 1.44. The van der Waals surface area contributed by atoms with E-state index in [1.54, 1.807) is 13.2 Å². The van der Waals surface area contributed by atoms with Gasteiger partial charge in [-0.3, -0.25) is 0 Å². The molecule has 0 spiro atoms. The normalized spacial score (nSPS) is 16.5. The van der Waals surface area contributed by atoms with Gasteiger partial charge in [0.1, 0.15) is 5.82 Å². The lowest BCUT2D eigenvalue weighted by atomic mass is 10.4. The number of aromatic nitrogens is 2. The Bertz CT molecular complexity index is 339. The van der Waals surface area contributed by atoms with Crippen LogP contribution in [-0.4, -0.2) is 43.4 Å². The first kappa shape index (κ1) is 9.97. The van der Waals surface area contributed by atoms with Gasteiger partial charge in [0, 0.05) is 19.2 Å². The molecule has 0 unspecified atom stereocenters. The molecule has 0 aromatic carbocycles. The Balaban J connectivity index is 2.22. The molecule has 1 aliphatic rings. The summed E-state index contributed by atoms with van der Waals surface area (Å²) in [4.78, 5) is 10.4. The van der Waals surface area contributed by atoms with Gasteiger partial charge < -0.3 is 20.1 Å². The molecule has 82 valence electrons. The Labute approximate surface area is 88.0 Å². The first-order valence-electron chi connectivity index (χ1n) is 4.81. The predicted octanol–water partition coefficient (Wildman–Crippen LogP) is -0.0960. The SMILES string of the molecule is COc1cc(N)nc(N2CCOCC2)n1. The third-order valence-electron chi connectivity index (χ3n) is 2.21. The molecule has 0 amide bonds. The molecular weight excluding hydrogens is 196 g/mol. The van der Waals surface area contributed by atoms with Crippen LogP contribution in [0.1, 0.15) is 0 Å². The Morgan fingerprint density at radius 2 is 2.13 bits per heavy atom. The van der Waals surface area contributed by atoms with E-state index in [0.717, 1.165) is 13.1 Å². The van der Waals surface area contributed by atoms with E-state index in [9.17, 15) is 0 Å². The van der Waals surface area contributed by atoms with E-state index in [-0.39, 0.29) is 0 Å². The van der Waals surface area contributed by atoms with Crippen LogP contribution >= 0.6 is 0 Å². The maximum Gasteiger partial charge on any atom is 0.230 e. The van der Waals surface area contributed by atoms with E-state index >= 15 is 0 Å². The summed E-state index contributed by atoms with van der Waals surface area (Å²) in [5, 5.41) is 0. The monoisotopic (exact) mass is 210 g/mol. The second-order valence-electron chi connectivity index (χ2n) is 3.23. The fraction of sp³-hybridized carbons (Fsp3) is 0.556. The van der Waals surface area contributed by atoms with Gasteiger partial charge in [0.2, 0.25) is 11.8 Å². The number of nitrogens with zero attached hydrogens (tertiary/aromatic N) is 3. The summed E-state index contributed by atoms with van der Waals surface area (Å²) in [6.07, 6.45) is 0. The van der Waals surface area contributed by atoms with E-state index in [0.29, 0.717) is 30.9 Å². The maximum absolute atomic E-state index is 5.65. The fourth-order valence-electron chi connectivity index (χ4n) is 1.44. The summed E-state index contributed by atoms with van der Waals surface area (Å²) >= 11 is 0. The Morgan fingerprint density at radius 3 is 2.80 bits per heavy atom. The topological polar surface area (TPSA) is 73.5 Å². The van der Waals surface area contributed by atoms with Crippen LogP contribution in [0.4, 0.5) is 11.8 Å². The van der Waals surface area contributed by atoms with Crippen LogP contribution in [0.15, 0.2) is 6.07 Å². The molecule has 1 aliphatic heterocycles. The van der Waals surface area contributed by atoms with Crippen molar-refractivity contribution in [2.24, 2.45) is 0 Å². The molecule has 1 aromatic rings. The van der Waals surface area contributed by atoms with Crippen molar-refractivity contribution in [1.29, 1.82) is 0 Å². The van der Waals surface area contributed by atoms with Crippen molar-refractivity contribution in [3.63, 3.8) is 0 Å². The highest BCUT2D eigenvalue weighted by Crippen LogP contribution is 2.17. The number of rotatable bonds is 2. The molecule has 6 nitrogen and oxygen atoms in total. The number of hydrogen-bond acceptors (Lipinski definition) is 6. The number of anilines is 2. The molecule has 1 fully saturated rings. The van der Waals surface area contributed by atoms with Gasteiger partial charge in [-0.05, 0) is 0 Å². The smallest absolute Gasteiger partial charge is 0.230 e. The second kappa shape index (κ2) is 4.31. The number of nitrogens with two attached hydrogens (primary N) is 1. The number of morpholine rings is 1. The molecule has 0 saturated carbocycles. The van der Waals surface area contributed by atoms with Gasteiger partial charge in [0.05, 0.1) is 20.3 Å². The lowest BCUT2D eigenvalue weighted by Crippen LogP contribution is -2.37. The second-order valence-corrected chi connectivity index (χ2v) is 3.23. The molecule has 2 rings (SSSR count). The van der Waals surface area contributed by atoms with Gasteiger partial charge in [0.15, 0.2) is 0 Å². The van der Waals surface area contributed by atoms with Gasteiger partial charge in [-0.25, -0.2) is 0 Å².